The van der Waals surface area contributed by atoms with Crippen molar-refractivity contribution >= 4 is 8.25 Å². The van der Waals surface area contributed by atoms with E-state index in [1.807, 2.05) is 21.1 Å². The largest absolute Gasteiger partial charge is 0.366 e. The van der Waals surface area contributed by atoms with Crippen LogP contribution in [0.1, 0.15) is 0 Å². The van der Waals surface area contributed by atoms with Gasteiger partial charge in [0.05, 0.1) is 21.1 Å². The third-order valence-corrected chi connectivity index (χ3v) is 1.37. The van der Waals surface area contributed by atoms with Crippen molar-refractivity contribution in [3.8, 4) is 0 Å². The van der Waals surface area contributed by atoms with Gasteiger partial charge in [-0.1, -0.05) is 0 Å². The minimum Gasteiger partial charge on any atom is -0.329 e. The number of likely N-dealkylation sites (N-methyl/N-ethyl adjacent to an activating group) is 1. The zero-order valence-corrected chi connectivity index (χ0v) is 7.47. The average molecular weight is 167 g/mol. The molecule has 1 radical (unpaired) electrons. The lowest BCUT2D eigenvalue weighted by Crippen LogP contribution is -2.37. The average Bonchev–Trinajstić information content (AvgIpc) is 1.59. The first-order valence-corrected chi connectivity index (χ1v) is 4.14. The summed E-state index contributed by atoms with van der Waals surface area (Å²) in [6.45, 7) is 1.07. The Hall–Kier alpha value is -0.0200. The molecule has 61 valence electrons. The van der Waals surface area contributed by atoms with Crippen LogP contribution >= 0.6 is 8.25 Å². The zero-order valence-electron chi connectivity index (χ0n) is 6.57. The standard InChI is InChI=1S/C5H14NO3P/c1-6(2,3)4-5-9-10(7)8/h4-5H2,1-3H3,(H,7,8)/q+1. The smallest absolute Gasteiger partial charge is 0.329 e. The van der Waals surface area contributed by atoms with E-state index in [0.717, 1.165) is 11.0 Å². The van der Waals surface area contributed by atoms with E-state index in [1.54, 1.807) is 0 Å². The Morgan fingerprint density at radius 2 is 2.00 bits per heavy atom. The molecule has 0 aromatic carbocycles. The van der Waals surface area contributed by atoms with Crippen molar-refractivity contribution < 1.29 is 18.5 Å². The van der Waals surface area contributed by atoms with Gasteiger partial charge >= 0.3 is 8.25 Å². The SMILES string of the molecule is C[N+](C)(C)CCO[P](=O)O. The molecule has 5 heteroatoms. The van der Waals surface area contributed by atoms with Gasteiger partial charge in [0.1, 0.15) is 13.2 Å². The lowest BCUT2D eigenvalue weighted by atomic mass is 10.5. The Morgan fingerprint density at radius 3 is 2.30 bits per heavy atom. The van der Waals surface area contributed by atoms with Gasteiger partial charge in [0.15, 0.2) is 0 Å². The molecule has 0 saturated carbocycles. The number of nitrogens with zero attached hydrogens (tertiary/aromatic N) is 1. The Kier molecular flexibility index (Phi) is 3.98. The number of hydrogen-bond acceptors (Lipinski definition) is 2. The molecule has 4 nitrogen and oxygen atoms in total. The van der Waals surface area contributed by atoms with Gasteiger partial charge in [0.25, 0.3) is 0 Å². The van der Waals surface area contributed by atoms with E-state index in [4.69, 9.17) is 4.89 Å². The lowest BCUT2D eigenvalue weighted by Gasteiger charge is -2.22. The minimum atomic E-state index is -2.41. The minimum absolute atomic E-state index is 0.329. The maximum absolute atomic E-state index is 10.0. The maximum Gasteiger partial charge on any atom is 0.366 e. The monoisotopic (exact) mass is 167 g/mol. The topological polar surface area (TPSA) is 46.5 Å². The second-order valence-electron chi connectivity index (χ2n) is 3.08. The zero-order chi connectivity index (χ0) is 8.20. The van der Waals surface area contributed by atoms with Crippen LogP contribution in [0.4, 0.5) is 0 Å². The number of hydrogen-bond donors (Lipinski definition) is 1. The van der Waals surface area contributed by atoms with Crippen LogP contribution in [0, 0.1) is 0 Å². The molecule has 0 rings (SSSR count). The first-order valence-electron chi connectivity index (χ1n) is 3.01. The lowest BCUT2D eigenvalue weighted by molar-refractivity contribution is -0.870. The van der Waals surface area contributed by atoms with Crippen molar-refractivity contribution in [1.82, 2.24) is 0 Å². The molecule has 0 aliphatic rings. The summed E-state index contributed by atoms with van der Waals surface area (Å²) < 4.78 is 15.2. The molecule has 0 bridgehead atoms. The van der Waals surface area contributed by atoms with E-state index in [-0.39, 0.29) is 0 Å². The van der Waals surface area contributed by atoms with Crippen molar-refractivity contribution in [1.29, 1.82) is 0 Å². The van der Waals surface area contributed by atoms with E-state index in [0.29, 0.717) is 6.61 Å². The first kappa shape index (κ1) is 9.98. The molecule has 0 aromatic rings. The Bertz CT molecular complexity index is 121. The molecule has 0 amide bonds. The highest BCUT2D eigenvalue weighted by Gasteiger charge is 2.06. The third-order valence-electron chi connectivity index (χ3n) is 0.964. The summed E-state index contributed by atoms with van der Waals surface area (Å²) in [4.78, 5) is 8.23. The predicted molar refractivity (Wildman–Crippen MR) is 38.7 cm³/mol. The van der Waals surface area contributed by atoms with Crippen LogP contribution in [0.2, 0.25) is 0 Å². The Morgan fingerprint density at radius 1 is 1.50 bits per heavy atom. The maximum atomic E-state index is 10.0. The third kappa shape index (κ3) is 7.98. The van der Waals surface area contributed by atoms with Gasteiger partial charge in [0.2, 0.25) is 0 Å². The second-order valence-corrected chi connectivity index (χ2v) is 3.82. The van der Waals surface area contributed by atoms with E-state index < -0.39 is 8.25 Å². The van der Waals surface area contributed by atoms with Crippen LogP contribution in [0.15, 0.2) is 0 Å². The summed E-state index contributed by atoms with van der Waals surface area (Å²) in [5, 5.41) is 0. The highest BCUT2D eigenvalue weighted by Crippen LogP contribution is 2.13. The van der Waals surface area contributed by atoms with Crippen LogP contribution in [0.25, 0.3) is 0 Å². The van der Waals surface area contributed by atoms with Crippen LogP contribution < -0.4 is 0 Å². The fourth-order valence-electron chi connectivity index (χ4n) is 0.393. The van der Waals surface area contributed by atoms with Crippen molar-refractivity contribution in [3.63, 3.8) is 0 Å². The number of quaternary nitrogens is 1. The highest BCUT2D eigenvalue weighted by atomic mass is 31.1. The summed E-state index contributed by atoms with van der Waals surface area (Å²) in [5.74, 6) is 0. The molecule has 1 N–H and O–H groups in total. The van der Waals surface area contributed by atoms with Crippen molar-refractivity contribution in [2.75, 3.05) is 34.3 Å². The fraction of sp³-hybridized carbons (Fsp3) is 1.00. The molecule has 10 heavy (non-hydrogen) atoms. The van der Waals surface area contributed by atoms with Crippen LogP contribution in [-0.4, -0.2) is 43.7 Å². The normalized spacial score (nSPS) is 13.4. The molecular formula is C5H14NO3P+. The Labute approximate surface area is 62.0 Å². The summed E-state index contributed by atoms with van der Waals surface area (Å²) in [6.07, 6.45) is 0. The van der Waals surface area contributed by atoms with Gasteiger partial charge in [-0.3, -0.25) is 9.42 Å². The summed E-state index contributed by atoms with van der Waals surface area (Å²) in [7, 11) is 3.57. The molecule has 0 aliphatic carbocycles. The molecule has 0 aliphatic heterocycles. The molecule has 0 spiro atoms. The molecule has 0 saturated heterocycles. The van der Waals surface area contributed by atoms with E-state index in [9.17, 15) is 4.57 Å². The second kappa shape index (κ2) is 3.98. The number of rotatable bonds is 4. The molecule has 1 unspecified atom stereocenters. The fourth-order valence-corrected chi connectivity index (χ4v) is 0.631. The molecule has 1 atom stereocenters. The van der Waals surface area contributed by atoms with Gasteiger partial charge in [-0.2, -0.15) is 0 Å². The van der Waals surface area contributed by atoms with Crippen molar-refractivity contribution in [2.45, 2.75) is 0 Å². The quantitative estimate of drug-likeness (QED) is 0.485. The molecule has 0 heterocycles. The molecule has 0 fully saturated rings. The van der Waals surface area contributed by atoms with Gasteiger partial charge in [-0.05, 0) is 0 Å². The van der Waals surface area contributed by atoms with Gasteiger partial charge in [-0.25, -0.2) is 4.57 Å². The first-order chi connectivity index (χ1) is 4.42. The molecule has 0 aromatic heterocycles. The summed E-state index contributed by atoms with van der Waals surface area (Å²) >= 11 is 0. The predicted octanol–water partition coefficient (Wildman–Crippen LogP) is 0.359. The summed E-state index contributed by atoms with van der Waals surface area (Å²) in [5.41, 5.74) is 0. The van der Waals surface area contributed by atoms with Gasteiger partial charge in [-0.15, -0.1) is 0 Å². The highest BCUT2D eigenvalue weighted by molar-refractivity contribution is 7.32. The van der Waals surface area contributed by atoms with Gasteiger partial charge < -0.3 is 4.48 Å². The van der Waals surface area contributed by atoms with Crippen molar-refractivity contribution in [3.05, 3.63) is 0 Å². The Balaban J connectivity index is 3.29. The summed E-state index contributed by atoms with van der Waals surface area (Å²) in [6, 6.07) is 0. The van der Waals surface area contributed by atoms with E-state index in [2.05, 4.69) is 4.52 Å². The van der Waals surface area contributed by atoms with Gasteiger partial charge in [0, 0.05) is 0 Å². The van der Waals surface area contributed by atoms with Crippen LogP contribution in [0.3, 0.4) is 0 Å². The molecular weight excluding hydrogens is 153 g/mol. The van der Waals surface area contributed by atoms with Crippen molar-refractivity contribution in [2.24, 2.45) is 0 Å². The van der Waals surface area contributed by atoms with E-state index >= 15 is 0 Å². The van der Waals surface area contributed by atoms with Crippen LogP contribution in [0.5, 0.6) is 0 Å². The van der Waals surface area contributed by atoms with Crippen LogP contribution in [-0.2, 0) is 9.09 Å². The van der Waals surface area contributed by atoms with E-state index in [1.165, 1.54) is 0 Å².